The van der Waals surface area contributed by atoms with Crippen molar-refractivity contribution >= 4 is 0 Å². The van der Waals surface area contributed by atoms with Gasteiger partial charge in [-0.3, -0.25) is 4.68 Å². The minimum atomic E-state index is -0.973. The highest BCUT2D eigenvalue weighted by Crippen LogP contribution is 2.25. The number of hydrogen-bond acceptors (Lipinski definition) is 2. The largest absolute Gasteiger partial charge is 0.382 e. The summed E-state index contributed by atoms with van der Waals surface area (Å²) < 4.78 is 15.7. The van der Waals surface area contributed by atoms with Crippen molar-refractivity contribution in [2.24, 2.45) is 0 Å². The van der Waals surface area contributed by atoms with Crippen LogP contribution in [0.4, 0.5) is 4.39 Å². The fourth-order valence-corrected chi connectivity index (χ4v) is 2.01. The summed E-state index contributed by atoms with van der Waals surface area (Å²) in [6.45, 7) is 4.44. The predicted octanol–water partition coefficient (Wildman–Crippen LogP) is 2.82. The van der Waals surface area contributed by atoms with E-state index in [-0.39, 0.29) is 5.82 Å². The second-order valence-corrected chi connectivity index (χ2v) is 4.36. The molecule has 1 N–H and O–H groups in total. The summed E-state index contributed by atoms with van der Waals surface area (Å²) in [6.07, 6.45) is 1.57. The molecule has 0 spiro atoms. The molecule has 1 heterocycles. The van der Waals surface area contributed by atoms with Crippen LogP contribution in [-0.2, 0) is 6.54 Å². The van der Waals surface area contributed by atoms with Gasteiger partial charge in [0.1, 0.15) is 11.9 Å². The van der Waals surface area contributed by atoms with Crippen LogP contribution in [0.2, 0.25) is 0 Å². The maximum absolute atomic E-state index is 14.0. The number of benzene rings is 1. The Bertz CT molecular complexity index is 536. The van der Waals surface area contributed by atoms with Gasteiger partial charge in [0, 0.05) is 18.3 Å². The van der Waals surface area contributed by atoms with Gasteiger partial charge in [-0.2, -0.15) is 5.10 Å². The van der Waals surface area contributed by atoms with Crippen LogP contribution < -0.4 is 0 Å². The Labute approximate surface area is 106 Å². The Hall–Kier alpha value is -1.68. The Kier molecular flexibility index (Phi) is 3.77. The normalized spacial score (nSPS) is 12.7. The Morgan fingerprint density at radius 1 is 1.39 bits per heavy atom. The van der Waals surface area contributed by atoms with Gasteiger partial charge in [-0.25, -0.2) is 4.39 Å². The molecule has 0 amide bonds. The highest BCUT2D eigenvalue weighted by Gasteiger charge is 2.19. The summed E-state index contributed by atoms with van der Waals surface area (Å²) in [4.78, 5) is 0. The van der Waals surface area contributed by atoms with Gasteiger partial charge in [0.15, 0.2) is 0 Å². The first kappa shape index (κ1) is 12.8. The van der Waals surface area contributed by atoms with Crippen LogP contribution in [0.1, 0.15) is 36.3 Å². The first-order chi connectivity index (χ1) is 8.65. The van der Waals surface area contributed by atoms with Gasteiger partial charge in [-0.05, 0) is 25.0 Å². The molecule has 0 saturated heterocycles. The van der Waals surface area contributed by atoms with Crippen molar-refractivity contribution in [1.82, 2.24) is 9.78 Å². The van der Waals surface area contributed by atoms with Crippen molar-refractivity contribution in [3.8, 4) is 0 Å². The van der Waals surface area contributed by atoms with Crippen molar-refractivity contribution < 1.29 is 9.50 Å². The van der Waals surface area contributed by atoms with E-state index in [4.69, 9.17) is 0 Å². The lowest BCUT2D eigenvalue weighted by molar-refractivity contribution is 0.202. The minimum Gasteiger partial charge on any atom is -0.382 e. The molecule has 3 nitrogen and oxygen atoms in total. The van der Waals surface area contributed by atoms with E-state index in [1.54, 1.807) is 42.1 Å². The third-order valence-corrected chi connectivity index (χ3v) is 2.98. The molecule has 0 bridgehead atoms. The molecule has 4 heteroatoms. The molecule has 1 aromatic heterocycles. The number of halogens is 1. The van der Waals surface area contributed by atoms with Gasteiger partial charge >= 0.3 is 0 Å². The van der Waals surface area contributed by atoms with Crippen molar-refractivity contribution in [3.05, 3.63) is 53.1 Å². The first-order valence-electron chi connectivity index (χ1n) is 6.10. The number of rotatable bonds is 4. The molecule has 1 aromatic carbocycles. The monoisotopic (exact) mass is 248 g/mol. The molecule has 18 heavy (non-hydrogen) atoms. The third kappa shape index (κ3) is 2.29. The van der Waals surface area contributed by atoms with E-state index in [9.17, 15) is 9.50 Å². The zero-order chi connectivity index (χ0) is 13.1. The maximum atomic E-state index is 14.0. The summed E-state index contributed by atoms with van der Waals surface area (Å²) in [6, 6.07) is 6.77. The zero-order valence-electron chi connectivity index (χ0n) is 10.6. The number of aliphatic hydroxyl groups is 1. The van der Waals surface area contributed by atoms with Crippen LogP contribution >= 0.6 is 0 Å². The predicted molar refractivity (Wildman–Crippen MR) is 67.7 cm³/mol. The SMILES string of the molecule is CCCn1nccc1C(O)c1cccc(C)c1F. The van der Waals surface area contributed by atoms with Gasteiger partial charge in [-0.1, -0.05) is 25.1 Å². The van der Waals surface area contributed by atoms with Crippen molar-refractivity contribution in [2.75, 3.05) is 0 Å². The molecule has 1 unspecified atom stereocenters. The quantitative estimate of drug-likeness (QED) is 0.903. The van der Waals surface area contributed by atoms with Gasteiger partial charge in [0.25, 0.3) is 0 Å². The lowest BCUT2D eigenvalue weighted by Gasteiger charge is -2.15. The fourth-order valence-electron chi connectivity index (χ4n) is 2.01. The molecule has 0 radical (unpaired) electrons. The molecule has 96 valence electrons. The molecular weight excluding hydrogens is 231 g/mol. The van der Waals surface area contributed by atoms with Gasteiger partial charge in [-0.15, -0.1) is 0 Å². The lowest BCUT2D eigenvalue weighted by Crippen LogP contribution is -2.11. The van der Waals surface area contributed by atoms with E-state index in [1.807, 2.05) is 6.92 Å². The van der Waals surface area contributed by atoms with Crippen LogP contribution in [0.25, 0.3) is 0 Å². The standard InChI is InChI=1S/C14H17FN2O/c1-3-9-17-12(7-8-16-17)14(18)11-6-4-5-10(2)13(11)15/h4-8,14,18H,3,9H2,1-2H3. The number of aliphatic hydroxyl groups excluding tert-OH is 1. The van der Waals surface area contributed by atoms with Crippen molar-refractivity contribution in [3.63, 3.8) is 0 Å². The van der Waals surface area contributed by atoms with Gasteiger partial charge in [0.2, 0.25) is 0 Å². The highest BCUT2D eigenvalue weighted by atomic mass is 19.1. The van der Waals surface area contributed by atoms with Crippen LogP contribution in [0, 0.1) is 12.7 Å². The van der Waals surface area contributed by atoms with Crippen LogP contribution in [0.3, 0.4) is 0 Å². The number of nitrogens with zero attached hydrogens (tertiary/aromatic N) is 2. The molecule has 0 aliphatic rings. The van der Waals surface area contributed by atoms with E-state index in [0.29, 0.717) is 23.4 Å². The minimum absolute atomic E-state index is 0.299. The molecular formula is C14H17FN2O. The number of aromatic nitrogens is 2. The maximum Gasteiger partial charge on any atom is 0.132 e. The summed E-state index contributed by atoms with van der Waals surface area (Å²) in [5.74, 6) is -0.353. The summed E-state index contributed by atoms with van der Waals surface area (Å²) >= 11 is 0. The van der Waals surface area contributed by atoms with Crippen LogP contribution in [0.15, 0.2) is 30.5 Å². The number of hydrogen-bond donors (Lipinski definition) is 1. The molecule has 0 fully saturated rings. The second kappa shape index (κ2) is 5.31. The topological polar surface area (TPSA) is 38.0 Å². The van der Waals surface area contributed by atoms with Crippen LogP contribution in [0.5, 0.6) is 0 Å². The average Bonchev–Trinajstić information content (AvgIpc) is 2.80. The van der Waals surface area contributed by atoms with E-state index in [2.05, 4.69) is 5.10 Å². The molecule has 1 atom stereocenters. The van der Waals surface area contributed by atoms with Crippen LogP contribution in [-0.4, -0.2) is 14.9 Å². The van der Waals surface area contributed by atoms with Crippen molar-refractivity contribution in [2.45, 2.75) is 32.9 Å². The molecule has 2 aromatic rings. The molecule has 0 aliphatic carbocycles. The number of aryl methyl sites for hydroxylation is 2. The average molecular weight is 248 g/mol. The fraction of sp³-hybridized carbons (Fsp3) is 0.357. The zero-order valence-corrected chi connectivity index (χ0v) is 10.6. The molecule has 0 saturated carbocycles. The second-order valence-electron chi connectivity index (χ2n) is 4.36. The summed E-state index contributed by atoms with van der Waals surface area (Å²) in [7, 11) is 0. The highest BCUT2D eigenvalue weighted by molar-refractivity contribution is 5.31. The third-order valence-electron chi connectivity index (χ3n) is 2.98. The van der Waals surface area contributed by atoms with Crippen molar-refractivity contribution in [1.29, 1.82) is 0 Å². The lowest BCUT2D eigenvalue weighted by atomic mass is 10.0. The van der Waals surface area contributed by atoms with E-state index in [1.165, 1.54) is 0 Å². The van der Waals surface area contributed by atoms with Gasteiger partial charge in [0.05, 0.1) is 5.69 Å². The summed E-state index contributed by atoms with van der Waals surface area (Å²) in [5, 5.41) is 14.4. The Morgan fingerprint density at radius 3 is 2.89 bits per heavy atom. The Balaban J connectivity index is 2.38. The molecule has 0 aliphatic heterocycles. The smallest absolute Gasteiger partial charge is 0.132 e. The summed E-state index contributed by atoms with van der Waals surface area (Å²) in [5.41, 5.74) is 1.46. The molecule has 2 rings (SSSR count). The van der Waals surface area contributed by atoms with E-state index < -0.39 is 6.10 Å². The first-order valence-corrected chi connectivity index (χ1v) is 6.10. The van der Waals surface area contributed by atoms with E-state index >= 15 is 0 Å². The Morgan fingerprint density at radius 2 is 2.17 bits per heavy atom. The van der Waals surface area contributed by atoms with E-state index in [0.717, 1.165) is 6.42 Å². The van der Waals surface area contributed by atoms with Gasteiger partial charge < -0.3 is 5.11 Å².